The molecule has 0 amide bonds. The summed E-state index contributed by atoms with van der Waals surface area (Å²) in [7, 11) is 1.49. The summed E-state index contributed by atoms with van der Waals surface area (Å²) in [5, 5.41) is 21.9. The number of hydrogen-bond donors (Lipinski definition) is 1. The monoisotopic (exact) mass is 509 g/mol. The molecule has 11 heteroatoms. The number of allylic oxidation sites excluding steroid dienone is 1. The molecule has 0 bridgehead atoms. The zero-order valence-corrected chi connectivity index (χ0v) is 20.8. The number of nitro benzene ring substituents is 1. The molecule has 3 aromatic rings. The summed E-state index contributed by atoms with van der Waals surface area (Å²) in [5.41, 5.74) is 1.06. The number of benzene rings is 2. The number of methoxy groups -OCH3 is 1. The normalized spacial score (nSPS) is 15.3. The number of phenolic OH excluding ortho intramolecular Hbond substituents is 1. The fourth-order valence-electron chi connectivity index (χ4n) is 4.02. The Morgan fingerprint density at radius 3 is 2.69 bits per heavy atom. The number of nitrogens with zero attached hydrogens (tertiary/aromatic N) is 3. The van der Waals surface area contributed by atoms with Crippen LogP contribution >= 0.6 is 11.3 Å². The number of hydrogen-bond acceptors (Lipinski definition) is 9. The Labute approximate surface area is 209 Å². The molecule has 2 heterocycles. The number of esters is 1. The van der Waals surface area contributed by atoms with Crippen molar-refractivity contribution >= 4 is 29.1 Å². The lowest BCUT2D eigenvalue weighted by Gasteiger charge is -2.24. The summed E-state index contributed by atoms with van der Waals surface area (Å²) in [4.78, 5) is 42.5. The first-order chi connectivity index (χ1) is 17.2. The van der Waals surface area contributed by atoms with E-state index in [4.69, 9.17) is 9.47 Å². The van der Waals surface area contributed by atoms with Crippen LogP contribution in [0.1, 0.15) is 36.6 Å². The van der Waals surface area contributed by atoms with Gasteiger partial charge in [-0.1, -0.05) is 23.5 Å². The highest BCUT2D eigenvalue weighted by Crippen LogP contribution is 2.33. The zero-order chi connectivity index (χ0) is 26.1. The van der Waals surface area contributed by atoms with Crippen molar-refractivity contribution in [3.63, 3.8) is 0 Å². The van der Waals surface area contributed by atoms with Crippen LogP contribution < -0.4 is 19.6 Å². The van der Waals surface area contributed by atoms with E-state index in [2.05, 4.69) is 4.99 Å². The summed E-state index contributed by atoms with van der Waals surface area (Å²) in [5.74, 6) is -0.209. The molecule has 1 N–H and O–H groups in total. The van der Waals surface area contributed by atoms with Crippen molar-refractivity contribution in [1.29, 1.82) is 0 Å². The predicted octanol–water partition coefficient (Wildman–Crippen LogP) is 2.73. The minimum atomic E-state index is -0.986. The van der Waals surface area contributed by atoms with Crippen LogP contribution in [0, 0.1) is 17.0 Å². The molecule has 0 saturated heterocycles. The van der Waals surface area contributed by atoms with Gasteiger partial charge in [0, 0.05) is 17.2 Å². The van der Waals surface area contributed by atoms with Crippen LogP contribution in [0.4, 0.5) is 5.69 Å². The fourth-order valence-corrected chi connectivity index (χ4v) is 5.05. The summed E-state index contributed by atoms with van der Waals surface area (Å²) >= 11 is 1.08. The molecule has 1 aliphatic heterocycles. The van der Waals surface area contributed by atoms with Gasteiger partial charge in [0.05, 0.1) is 40.5 Å². The standard InChI is InChI=1S/C25H23N3O7S/c1-5-35-24(31)21-14(3)26-25-27(22(21)15-7-6-13(2)18(11-15)28(32)33)23(30)20(36-25)12-16-10-17(34-4)8-9-19(16)29/h6-12,22,29H,5H2,1-4H3/b20-12+/t22-/m1/s1. The molecular formula is C25H23N3O7S. The first-order valence-electron chi connectivity index (χ1n) is 11.0. The lowest BCUT2D eigenvalue weighted by atomic mass is 9.94. The highest BCUT2D eigenvalue weighted by atomic mass is 32.1. The second-order valence-corrected chi connectivity index (χ2v) is 9.04. The maximum Gasteiger partial charge on any atom is 0.338 e. The number of phenols is 1. The number of carbonyl (C=O) groups is 1. The van der Waals surface area contributed by atoms with Crippen molar-refractivity contribution in [1.82, 2.24) is 4.57 Å². The van der Waals surface area contributed by atoms with E-state index < -0.39 is 22.5 Å². The number of aryl methyl sites for hydroxylation is 1. The third kappa shape index (κ3) is 4.40. The van der Waals surface area contributed by atoms with E-state index in [1.807, 2.05) is 0 Å². The second kappa shape index (κ2) is 9.78. The molecule has 0 aliphatic carbocycles. The van der Waals surface area contributed by atoms with E-state index >= 15 is 0 Å². The lowest BCUT2D eigenvalue weighted by molar-refractivity contribution is -0.385. The molecule has 4 rings (SSSR count). The summed E-state index contributed by atoms with van der Waals surface area (Å²) in [6.07, 6.45) is 1.51. The van der Waals surface area contributed by atoms with Crippen molar-refractivity contribution in [3.05, 3.63) is 94.2 Å². The van der Waals surface area contributed by atoms with Gasteiger partial charge in [0.2, 0.25) is 0 Å². The van der Waals surface area contributed by atoms with E-state index in [1.54, 1.807) is 45.0 Å². The topological polar surface area (TPSA) is 133 Å². The van der Waals surface area contributed by atoms with Gasteiger partial charge in [-0.05, 0) is 50.6 Å². The summed E-state index contributed by atoms with van der Waals surface area (Å²) in [6.45, 7) is 5.01. The van der Waals surface area contributed by atoms with Crippen LogP contribution in [0.15, 0.2) is 57.5 Å². The molecule has 0 saturated carbocycles. The SMILES string of the molecule is CCOC(=O)C1=C(C)N=c2s/c(=C/c3cc(OC)ccc3O)c(=O)n2[C@@H]1c1ccc(C)c([N+](=O)[O-])c1. The van der Waals surface area contributed by atoms with Gasteiger partial charge in [0.1, 0.15) is 11.5 Å². The first-order valence-corrected chi connectivity index (χ1v) is 11.8. The van der Waals surface area contributed by atoms with Crippen LogP contribution in [0.25, 0.3) is 6.08 Å². The van der Waals surface area contributed by atoms with Crippen LogP contribution in [0.2, 0.25) is 0 Å². The van der Waals surface area contributed by atoms with Crippen molar-refractivity contribution in [2.45, 2.75) is 26.8 Å². The Kier molecular flexibility index (Phi) is 6.75. The van der Waals surface area contributed by atoms with Crippen LogP contribution in [-0.2, 0) is 9.53 Å². The molecule has 0 fully saturated rings. The molecule has 10 nitrogen and oxygen atoms in total. The third-order valence-electron chi connectivity index (χ3n) is 5.78. The highest BCUT2D eigenvalue weighted by Gasteiger charge is 2.34. The number of rotatable bonds is 6. The van der Waals surface area contributed by atoms with Gasteiger partial charge in [0.15, 0.2) is 4.80 Å². The number of ether oxygens (including phenoxy) is 2. The molecule has 1 aromatic heterocycles. The average molecular weight is 510 g/mol. The Balaban J connectivity index is 2.00. The Bertz CT molecular complexity index is 1600. The first kappa shape index (κ1) is 24.9. The Hall–Kier alpha value is -4.25. The molecule has 36 heavy (non-hydrogen) atoms. The Morgan fingerprint density at radius 1 is 1.28 bits per heavy atom. The smallest absolute Gasteiger partial charge is 0.338 e. The van der Waals surface area contributed by atoms with Crippen molar-refractivity contribution in [3.8, 4) is 11.5 Å². The maximum atomic E-state index is 13.6. The predicted molar refractivity (Wildman–Crippen MR) is 133 cm³/mol. The molecular weight excluding hydrogens is 486 g/mol. The summed E-state index contributed by atoms with van der Waals surface area (Å²) in [6, 6.07) is 8.24. The van der Waals surface area contributed by atoms with Crippen LogP contribution in [-0.4, -0.2) is 34.3 Å². The number of aromatic nitrogens is 1. The number of carbonyl (C=O) groups excluding carboxylic acids is 1. The van der Waals surface area contributed by atoms with E-state index in [0.717, 1.165) is 11.3 Å². The van der Waals surface area contributed by atoms with Gasteiger partial charge in [-0.15, -0.1) is 0 Å². The molecule has 0 unspecified atom stereocenters. The highest BCUT2D eigenvalue weighted by molar-refractivity contribution is 7.07. The summed E-state index contributed by atoms with van der Waals surface area (Å²) < 4.78 is 12.0. The molecule has 0 spiro atoms. The third-order valence-corrected chi connectivity index (χ3v) is 6.77. The molecule has 0 radical (unpaired) electrons. The van der Waals surface area contributed by atoms with Gasteiger partial charge in [-0.3, -0.25) is 19.5 Å². The molecule has 1 aliphatic rings. The second-order valence-electron chi connectivity index (χ2n) is 8.03. The number of thiazole rings is 1. The largest absolute Gasteiger partial charge is 0.507 e. The van der Waals surface area contributed by atoms with Gasteiger partial charge in [0.25, 0.3) is 11.2 Å². The van der Waals surface area contributed by atoms with E-state index in [9.17, 15) is 24.8 Å². The van der Waals surface area contributed by atoms with E-state index in [-0.39, 0.29) is 28.1 Å². The van der Waals surface area contributed by atoms with Crippen molar-refractivity contribution < 1.29 is 24.3 Å². The fraction of sp³-hybridized carbons (Fsp3) is 0.240. The molecule has 2 aromatic carbocycles. The zero-order valence-electron chi connectivity index (χ0n) is 20.0. The number of aromatic hydroxyl groups is 1. The number of fused-ring (bicyclic) bond motifs is 1. The van der Waals surface area contributed by atoms with Crippen molar-refractivity contribution in [2.24, 2.45) is 4.99 Å². The van der Waals surface area contributed by atoms with Crippen molar-refractivity contribution in [2.75, 3.05) is 13.7 Å². The minimum Gasteiger partial charge on any atom is -0.507 e. The van der Waals surface area contributed by atoms with Gasteiger partial charge in [-0.2, -0.15) is 0 Å². The van der Waals surface area contributed by atoms with Gasteiger partial charge < -0.3 is 14.6 Å². The average Bonchev–Trinajstić information content (AvgIpc) is 3.14. The lowest BCUT2D eigenvalue weighted by Crippen LogP contribution is -2.40. The van der Waals surface area contributed by atoms with Gasteiger partial charge >= 0.3 is 5.97 Å². The van der Waals surface area contributed by atoms with Crippen LogP contribution in [0.3, 0.4) is 0 Å². The van der Waals surface area contributed by atoms with E-state index in [0.29, 0.717) is 32.9 Å². The quantitative estimate of drug-likeness (QED) is 0.307. The van der Waals surface area contributed by atoms with Crippen LogP contribution in [0.5, 0.6) is 11.5 Å². The van der Waals surface area contributed by atoms with Gasteiger partial charge in [-0.25, -0.2) is 9.79 Å². The minimum absolute atomic E-state index is 0.0456. The molecule has 186 valence electrons. The van der Waals surface area contributed by atoms with E-state index in [1.165, 1.54) is 29.9 Å². The maximum absolute atomic E-state index is 13.6. The number of nitro groups is 1. The Morgan fingerprint density at radius 2 is 2.03 bits per heavy atom. The molecule has 1 atom stereocenters.